The molecule has 2 aliphatic rings. The van der Waals surface area contributed by atoms with E-state index in [0.29, 0.717) is 11.7 Å². The largest absolute Gasteiger partial charge is 0.318 e. The summed E-state index contributed by atoms with van der Waals surface area (Å²) < 4.78 is 0. The second kappa shape index (κ2) is 2.57. The van der Waals surface area contributed by atoms with Crippen LogP contribution in [0.15, 0.2) is 0 Å². The van der Waals surface area contributed by atoms with E-state index in [4.69, 9.17) is 5.73 Å². The van der Waals surface area contributed by atoms with Crippen LogP contribution in [-0.4, -0.2) is 10.7 Å². The Kier molecular flexibility index (Phi) is 1.91. The Hall–Kier alpha value is 0.110. The maximum absolute atomic E-state index is 11.9. The van der Waals surface area contributed by atoms with Gasteiger partial charge in [0.2, 0.25) is 0 Å². The molecular weight excluding hydrogens is 230 g/mol. The first-order chi connectivity index (χ1) is 5.93. The monoisotopic (exact) mass is 245 g/mol. The van der Waals surface area contributed by atoms with Crippen LogP contribution in [0.2, 0.25) is 0 Å². The van der Waals surface area contributed by atoms with Gasteiger partial charge in [-0.2, -0.15) is 0 Å². The fraction of sp³-hybridized carbons (Fsp3) is 0.900. The fourth-order valence-corrected chi connectivity index (χ4v) is 4.43. The molecular formula is C10H16BrNO. The van der Waals surface area contributed by atoms with Gasteiger partial charge in [-0.15, -0.1) is 0 Å². The second-order valence-electron chi connectivity index (χ2n) is 4.96. The summed E-state index contributed by atoms with van der Waals surface area (Å²) in [6.45, 7) is 4.38. The minimum Gasteiger partial charge on any atom is -0.318 e. The maximum atomic E-state index is 11.9. The molecule has 2 N–H and O–H groups in total. The molecule has 0 aromatic heterocycles. The summed E-state index contributed by atoms with van der Waals surface area (Å²) in [7, 11) is 0. The van der Waals surface area contributed by atoms with E-state index < -0.39 is 0 Å². The van der Waals surface area contributed by atoms with E-state index in [0.717, 1.165) is 19.3 Å². The van der Waals surface area contributed by atoms with Crippen molar-refractivity contribution in [3.05, 3.63) is 0 Å². The van der Waals surface area contributed by atoms with Gasteiger partial charge in [0.05, 0.1) is 10.4 Å². The van der Waals surface area contributed by atoms with Crippen LogP contribution in [0.25, 0.3) is 0 Å². The lowest BCUT2D eigenvalue weighted by Gasteiger charge is -2.38. The zero-order chi connectivity index (χ0) is 9.85. The normalized spacial score (nSPS) is 44.0. The molecule has 0 aliphatic heterocycles. The first-order valence-electron chi connectivity index (χ1n) is 4.86. The topological polar surface area (TPSA) is 43.1 Å². The molecule has 74 valence electrons. The summed E-state index contributed by atoms with van der Waals surface area (Å²) in [5, 5.41) is 0. The van der Waals surface area contributed by atoms with Crippen LogP contribution in [0.3, 0.4) is 0 Å². The lowest BCUT2D eigenvalue weighted by Crippen LogP contribution is -2.47. The molecule has 2 saturated carbocycles. The number of hydrogen-bond acceptors (Lipinski definition) is 2. The molecule has 2 rings (SSSR count). The van der Waals surface area contributed by atoms with E-state index >= 15 is 0 Å². The van der Waals surface area contributed by atoms with Crippen LogP contribution in [0.4, 0.5) is 0 Å². The van der Waals surface area contributed by atoms with Gasteiger partial charge in [-0.05, 0) is 24.2 Å². The average molecular weight is 246 g/mol. The van der Waals surface area contributed by atoms with Gasteiger partial charge in [0.15, 0.2) is 0 Å². The van der Waals surface area contributed by atoms with Crippen molar-refractivity contribution in [1.29, 1.82) is 0 Å². The highest BCUT2D eigenvalue weighted by atomic mass is 79.9. The molecule has 2 bridgehead atoms. The molecule has 3 atom stereocenters. The Labute approximate surface area is 87.4 Å². The summed E-state index contributed by atoms with van der Waals surface area (Å²) in [6.07, 6.45) is 2.88. The molecule has 13 heavy (non-hydrogen) atoms. The molecule has 0 aromatic carbocycles. The highest BCUT2D eigenvalue weighted by molar-refractivity contribution is 9.09. The van der Waals surface area contributed by atoms with Crippen molar-refractivity contribution >= 4 is 21.7 Å². The lowest BCUT2D eigenvalue weighted by molar-refractivity contribution is -0.129. The average Bonchev–Trinajstić information content (AvgIpc) is 2.35. The van der Waals surface area contributed by atoms with E-state index in [1.165, 1.54) is 0 Å². The SMILES string of the molecule is CC1(C)C2CCC1(C(N)Br)C(=O)C2. The van der Waals surface area contributed by atoms with Crippen molar-refractivity contribution in [3.8, 4) is 0 Å². The minimum atomic E-state index is -0.280. The zero-order valence-corrected chi connectivity index (χ0v) is 9.73. The number of carbonyl (C=O) groups is 1. The standard InChI is InChI=1S/C10H16BrNO/c1-9(2)6-3-4-10(9,8(11)12)7(13)5-6/h6,8H,3-5,12H2,1-2H3. The van der Waals surface area contributed by atoms with Crippen LogP contribution < -0.4 is 5.73 Å². The van der Waals surface area contributed by atoms with E-state index in [2.05, 4.69) is 29.8 Å². The Morgan fingerprint density at radius 1 is 1.62 bits per heavy atom. The molecule has 3 unspecified atom stereocenters. The van der Waals surface area contributed by atoms with Gasteiger partial charge in [0.1, 0.15) is 5.78 Å². The smallest absolute Gasteiger partial charge is 0.142 e. The van der Waals surface area contributed by atoms with Crippen molar-refractivity contribution in [2.75, 3.05) is 0 Å². The van der Waals surface area contributed by atoms with Gasteiger partial charge >= 0.3 is 0 Å². The number of carbonyl (C=O) groups excluding carboxylic acids is 1. The van der Waals surface area contributed by atoms with Gasteiger partial charge in [0.25, 0.3) is 0 Å². The second-order valence-corrected chi connectivity index (χ2v) is 5.94. The predicted molar refractivity (Wildman–Crippen MR) is 55.5 cm³/mol. The molecule has 2 fully saturated rings. The molecule has 0 radical (unpaired) electrons. The predicted octanol–water partition coefficient (Wildman–Crippen LogP) is 2.06. The summed E-state index contributed by atoms with van der Waals surface area (Å²) >= 11 is 3.42. The number of hydrogen-bond donors (Lipinski definition) is 1. The minimum absolute atomic E-state index is 0.0903. The van der Waals surface area contributed by atoms with E-state index in [9.17, 15) is 4.79 Å². The first-order valence-corrected chi connectivity index (χ1v) is 5.77. The number of alkyl halides is 1. The number of nitrogens with two attached hydrogens (primary N) is 1. The van der Waals surface area contributed by atoms with Crippen molar-refractivity contribution in [2.24, 2.45) is 22.5 Å². The lowest BCUT2D eigenvalue weighted by atomic mass is 9.69. The maximum Gasteiger partial charge on any atom is 0.142 e. The van der Waals surface area contributed by atoms with E-state index in [1.807, 2.05) is 0 Å². The zero-order valence-electron chi connectivity index (χ0n) is 8.14. The molecule has 0 aromatic rings. The van der Waals surface area contributed by atoms with Crippen molar-refractivity contribution in [1.82, 2.24) is 0 Å². The Morgan fingerprint density at radius 3 is 2.46 bits per heavy atom. The van der Waals surface area contributed by atoms with Crippen molar-refractivity contribution < 1.29 is 4.79 Å². The van der Waals surface area contributed by atoms with Crippen LogP contribution in [0.5, 0.6) is 0 Å². The van der Waals surface area contributed by atoms with Crippen LogP contribution >= 0.6 is 15.9 Å². The third-order valence-corrected chi connectivity index (χ3v) is 5.24. The number of halogens is 1. The van der Waals surface area contributed by atoms with Gasteiger partial charge < -0.3 is 5.73 Å². The van der Waals surface area contributed by atoms with Crippen LogP contribution in [0.1, 0.15) is 33.1 Å². The Morgan fingerprint density at radius 2 is 2.23 bits per heavy atom. The van der Waals surface area contributed by atoms with Crippen LogP contribution in [-0.2, 0) is 4.79 Å². The quantitative estimate of drug-likeness (QED) is 0.568. The summed E-state index contributed by atoms with van der Waals surface area (Å²) in [4.78, 5) is 11.7. The van der Waals surface area contributed by atoms with E-state index in [-0.39, 0.29) is 15.8 Å². The summed E-state index contributed by atoms with van der Waals surface area (Å²) in [5.41, 5.74) is 5.74. The highest BCUT2D eigenvalue weighted by Crippen LogP contribution is 2.65. The van der Waals surface area contributed by atoms with Crippen molar-refractivity contribution in [3.63, 3.8) is 0 Å². The highest BCUT2D eigenvalue weighted by Gasteiger charge is 2.66. The van der Waals surface area contributed by atoms with E-state index in [1.54, 1.807) is 0 Å². The van der Waals surface area contributed by atoms with Crippen molar-refractivity contribution in [2.45, 2.75) is 38.1 Å². The first kappa shape index (κ1) is 9.66. The fourth-order valence-electron chi connectivity index (χ4n) is 3.36. The molecule has 2 aliphatic carbocycles. The molecule has 0 saturated heterocycles. The summed E-state index contributed by atoms with van der Waals surface area (Å²) in [5.74, 6) is 0.932. The molecule has 2 nitrogen and oxygen atoms in total. The number of rotatable bonds is 1. The summed E-state index contributed by atoms with van der Waals surface area (Å²) in [6, 6.07) is 0. The molecule has 0 amide bonds. The molecule has 0 heterocycles. The van der Waals surface area contributed by atoms with Gasteiger partial charge in [-0.3, -0.25) is 4.79 Å². The third kappa shape index (κ3) is 0.899. The van der Waals surface area contributed by atoms with Crippen LogP contribution in [0, 0.1) is 16.7 Å². The molecule has 3 heteroatoms. The number of ketones is 1. The third-order valence-electron chi connectivity index (χ3n) is 4.46. The molecule has 0 spiro atoms. The number of fused-ring (bicyclic) bond motifs is 2. The number of Topliss-reactive ketones (excluding diaryl/α,β-unsaturated/α-hetero) is 1. The Bertz CT molecular complexity index is 262. The Balaban J connectivity index is 2.49. The van der Waals surface area contributed by atoms with Gasteiger partial charge in [-0.1, -0.05) is 29.8 Å². The van der Waals surface area contributed by atoms with Gasteiger partial charge in [0, 0.05) is 6.42 Å². The van der Waals surface area contributed by atoms with Gasteiger partial charge in [-0.25, -0.2) is 0 Å².